The molecule has 21 heavy (non-hydrogen) atoms. The second-order valence-electron chi connectivity index (χ2n) is 4.99. The van der Waals surface area contributed by atoms with Crippen molar-refractivity contribution in [1.29, 1.82) is 0 Å². The van der Waals surface area contributed by atoms with E-state index < -0.39 is 5.63 Å². The largest absolute Gasteiger partial charge is 0.496 e. The molecule has 1 heterocycles. The normalized spacial score (nSPS) is 13.1. The molecular formula is C17H24O4. The first-order valence-corrected chi connectivity index (χ1v) is 7.32. The molecule has 1 unspecified atom stereocenters. The van der Waals surface area contributed by atoms with E-state index in [4.69, 9.17) is 14.3 Å². The molecule has 0 radical (unpaired) electrons. The third-order valence-electron chi connectivity index (χ3n) is 3.00. The first-order valence-electron chi connectivity index (χ1n) is 7.32. The fourth-order valence-electron chi connectivity index (χ4n) is 1.88. The highest BCUT2D eigenvalue weighted by molar-refractivity contribution is 5.46. The maximum Gasteiger partial charge on any atom is 0.339 e. The van der Waals surface area contributed by atoms with Gasteiger partial charge in [-0.05, 0) is 32.3 Å². The Hall–Kier alpha value is -1.81. The summed E-state index contributed by atoms with van der Waals surface area (Å²) in [6, 6.07) is 2.97. The van der Waals surface area contributed by atoms with Crippen molar-refractivity contribution in [3.05, 3.63) is 46.5 Å². The monoisotopic (exact) mass is 292 g/mol. The lowest BCUT2D eigenvalue weighted by atomic mass is 10.1. The molecule has 1 rings (SSSR count). The number of rotatable bonds is 9. The van der Waals surface area contributed by atoms with Crippen molar-refractivity contribution in [1.82, 2.24) is 0 Å². The Balaban J connectivity index is 2.29. The highest BCUT2D eigenvalue weighted by Crippen LogP contribution is 2.11. The topological polar surface area (TPSA) is 59.7 Å². The highest BCUT2D eigenvalue weighted by Gasteiger charge is 1.97. The van der Waals surface area contributed by atoms with Crippen molar-refractivity contribution in [2.24, 2.45) is 0 Å². The Morgan fingerprint density at radius 3 is 2.81 bits per heavy atom. The molecule has 1 atom stereocenters. The van der Waals surface area contributed by atoms with Crippen LogP contribution in [0.1, 0.15) is 44.8 Å². The minimum atomic E-state index is -0.420. The Morgan fingerprint density at radius 1 is 1.29 bits per heavy atom. The molecule has 0 spiro atoms. The molecule has 0 fully saturated rings. The molecule has 0 aliphatic carbocycles. The Kier molecular flexibility index (Phi) is 8.21. The van der Waals surface area contributed by atoms with Gasteiger partial charge in [-0.1, -0.05) is 31.1 Å². The predicted octanol–water partition coefficient (Wildman–Crippen LogP) is 3.55. The van der Waals surface area contributed by atoms with Crippen molar-refractivity contribution >= 4 is 6.08 Å². The minimum absolute atomic E-state index is 0.194. The zero-order valence-electron chi connectivity index (χ0n) is 12.7. The van der Waals surface area contributed by atoms with E-state index in [1.165, 1.54) is 13.2 Å². The van der Waals surface area contributed by atoms with Crippen LogP contribution in [-0.2, 0) is 0 Å². The van der Waals surface area contributed by atoms with Crippen molar-refractivity contribution in [3.8, 4) is 5.75 Å². The van der Waals surface area contributed by atoms with E-state index in [2.05, 4.69) is 6.08 Å². The molecule has 1 aromatic rings. The average Bonchev–Trinajstić information content (AvgIpc) is 2.44. The Morgan fingerprint density at radius 2 is 2.10 bits per heavy atom. The predicted molar refractivity (Wildman–Crippen MR) is 84.5 cm³/mol. The van der Waals surface area contributed by atoms with Gasteiger partial charge in [-0.25, -0.2) is 4.79 Å². The molecule has 0 aliphatic heterocycles. The van der Waals surface area contributed by atoms with E-state index >= 15 is 0 Å². The molecule has 1 aromatic heterocycles. The number of aliphatic hydroxyl groups is 1. The van der Waals surface area contributed by atoms with Crippen LogP contribution in [0.3, 0.4) is 0 Å². The van der Waals surface area contributed by atoms with Gasteiger partial charge in [-0.2, -0.15) is 0 Å². The number of allylic oxidation sites excluding steroid dienone is 3. The third-order valence-corrected chi connectivity index (χ3v) is 3.00. The zero-order valence-corrected chi connectivity index (χ0v) is 12.7. The third kappa shape index (κ3) is 8.15. The zero-order chi connectivity index (χ0) is 15.5. The van der Waals surface area contributed by atoms with Gasteiger partial charge in [0.15, 0.2) is 0 Å². The van der Waals surface area contributed by atoms with Crippen LogP contribution >= 0.6 is 0 Å². The van der Waals surface area contributed by atoms with E-state index in [0.29, 0.717) is 11.5 Å². The Labute approximate surface area is 125 Å². The molecule has 1 N–H and O–H groups in total. The van der Waals surface area contributed by atoms with Gasteiger partial charge < -0.3 is 14.3 Å². The van der Waals surface area contributed by atoms with Gasteiger partial charge in [-0.3, -0.25) is 0 Å². The van der Waals surface area contributed by atoms with Crippen LogP contribution in [0, 0.1) is 0 Å². The molecule has 0 aromatic carbocycles. The lowest BCUT2D eigenvalue weighted by Gasteiger charge is -2.01. The number of unbranched alkanes of at least 4 members (excludes halogenated alkanes) is 3. The van der Waals surface area contributed by atoms with Crippen LogP contribution in [0.5, 0.6) is 5.75 Å². The van der Waals surface area contributed by atoms with Gasteiger partial charge in [0.25, 0.3) is 0 Å². The fraction of sp³-hybridized carbons (Fsp3) is 0.471. The van der Waals surface area contributed by atoms with Crippen LogP contribution in [0.4, 0.5) is 0 Å². The molecule has 4 nitrogen and oxygen atoms in total. The summed E-state index contributed by atoms with van der Waals surface area (Å²) in [6.07, 6.45) is 12.6. The number of hydrogen-bond acceptors (Lipinski definition) is 4. The second kappa shape index (κ2) is 10.00. The highest BCUT2D eigenvalue weighted by atomic mass is 16.5. The standard InChI is InChI=1S/C17H24O4/c1-14(18)10-8-6-4-3-5-7-9-11-15-12-16(20-2)13-17(19)21-15/h5,7,9,11-14,18H,3-4,6,8,10H2,1-2H3/b7-5+,11-9+. The first kappa shape index (κ1) is 17.2. The van der Waals surface area contributed by atoms with Gasteiger partial charge in [0.1, 0.15) is 11.5 Å². The minimum Gasteiger partial charge on any atom is -0.496 e. The van der Waals surface area contributed by atoms with Gasteiger partial charge >= 0.3 is 5.63 Å². The van der Waals surface area contributed by atoms with E-state index in [1.807, 2.05) is 19.1 Å². The smallest absolute Gasteiger partial charge is 0.339 e. The average molecular weight is 292 g/mol. The molecule has 0 bridgehead atoms. The second-order valence-corrected chi connectivity index (χ2v) is 4.99. The molecule has 0 saturated carbocycles. The molecule has 0 aliphatic rings. The number of methoxy groups -OCH3 is 1. The number of aliphatic hydroxyl groups excluding tert-OH is 1. The summed E-state index contributed by atoms with van der Waals surface area (Å²) in [4.78, 5) is 11.2. The van der Waals surface area contributed by atoms with E-state index in [9.17, 15) is 4.79 Å². The molecule has 116 valence electrons. The molecule has 4 heteroatoms. The summed E-state index contributed by atoms with van der Waals surface area (Å²) >= 11 is 0. The van der Waals surface area contributed by atoms with Crippen LogP contribution in [0.15, 0.2) is 39.6 Å². The summed E-state index contributed by atoms with van der Waals surface area (Å²) in [7, 11) is 1.51. The number of ether oxygens (including phenoxy) is 1. The van der Waals surface area contributed by atoms with E-state index in [-0.39, 0.29) is 6.10 Å². The van der Waals surface area contributed by atoms with Crippen molar-refractivity contribution in [2.75, 3.05) is 7.11 Å². The van der Waals surface area contributed by atoms with Gasteiger partial charge in [0, 0.05) is 6.07 Å². The van der Waals surface area contributed by atoms with Crippen molar-refractivity contribution < 1.29 is 14.3 Å². The van der Waals surface area contributed by atoms with Crippen LogP contribution in [0.25, 0.3) is 6.08 Å². The number of hydrogen-bond donors (Lipinski definition) is 1. The maximum absolute atomic E-state index is 11.2. The van der Waals surface area contributed by atoms with Crippen molar-refractivity contribution in [3.63, 3.8) is 0 Å². The summed E-state index contributed by atoms with van der Waals surface area (Å²) in [6.45, 7) is 1.82. The lowest BCUT2D eigenvalue weighted by Crippen LogP contribution is -1.98. The van der Waals surface area contributed by atoms with Crippen LogP contribution < -0.4 is 10.4 Å². The van der Waals surface area contributed by atoms with Crippen molar-refractivity contribution in [2.45, 2.75) is 45.1 Å². The van der Waals surface area contributed by atoms with E-state index in [0.717, 1.165) is 32.1 Å². The summed E-state index contributed by atoms with van der Waals surface area (Å²) < 4.78 is 10.0. The molecular weight excluding hydrogens is 268 g/mol. The van der Waals surface area contributed by atoms with Crippen LogP contribution in [-0.4, -0.2) is 18.3 Å². The van der Waals surface area contributed by atoms with E-state index in [1.54, 1.807) is 12.1 Å². The quantitative estimate of drug-likeness (QED) is 0.558. The first-order chi connectivity index (χ1) is 10.1. The maximum atomic E-state index is 11.2. The summed E-state index contributed by atoms with van der Waals surface area (Å²) in [5.41, 5.74) is -0.420. The summed E-state index contributed by atoms with van der Waals surface area (Å²) in [5, 5.41) is 9.13. The fourth-order valence-corrected chi connectivity index (χ4v) is 1.88. The molecule has 0 saturated heterocycles. The molecule has 0 amide bonds. The lowest BCUT2D eigenvalue weighted by molar-refractivity contribution is 0.180. The van der Waals surface area contributed by atoms with Crippen LogP contribution in [0.2, 0.25) is 0 Å². The van der Waals surface area contributed by atoms with Gasteiger partial charge in [-0.15, -0.1) is 0 Å². The SMILES string of the molecule is COc1cc(/C=C/C=C/CCCCCC(C)O)oc(=O)c1. The summed E-state index contributed by atoms with van der Waals surface area (Å²) in [5.74, 6) is 0.967. The van der Waals surface area contributed by atoms with Gasteiger partial charge in [0.2, 0.25) is 0 Å². The van der Waals surface area contributed by atoms with Gasteiger partial charge in [0.05, 0.1) is 19.3 Å². The Bertz CT molecular complexity index is 512.